The summed E-state index contributed by atoms with van der Waals surface area (Å²) in [4.78, 5) is 4.78. The van der Waals surface area contributed by atoms with Crippen molar-refractivity contribution in [3.8, 4) is 0 Å². The van der Waals surface area contributed by atoms with Crippen LogP contribution in [0.15, 0.2) is 78.9 Å². The fourth-order valence-electron chi connectivity index (χ4n) is 6.04. The molecule has 2 saturated heterocycles. The summed E-state index contributed by atoms with van der Waals surface area (Å²) in [7, 11) is 0. The van der Waals surface area contributed by atoms with Crippen molar-refractivity contribution in [2.24, 2.45) is 0 Å². The zero-order valence-electron chi connectivity index (χ0n) is 23.8. The highest BCUT2D eigenvalue weighted by Crippen LogP contribution is 2.37. The molecule has 232 valence electrons. The average Bonchev–Trinajstić information content (AvgIpc) is 3.00. The second kappa shape index (κ2) is 13.8. The van der Waals surface area contributed by atoms with Crippen molar-refractivity contribution in [3.05, 3.63) is 107 Å². The molecule has 0 saturated carbocycles. The highest BCUT2D eigenvalue weighted by Gasteiger charge is 2.38. The first-order valence-electron chi connectivity index (χ1n) is 14.7. The van der Waals surface area contributed by atoms with Crippen molar-refractivity contribution in [3.63, 3.8) is 0 Å². The van der Waals surface area contributed by atoms with Crippen LogP contribution in [0.4, 0.5) is 26.3 Å². The topological polar surface area (TPSA) is 24.9 Å². The first-order valence-corrected chi connectivity index (χ1v) is 14.7. The summed E-state index contributed by atoms with van der Waals surface area (Å²) in [6.45, 7) is 4.68. The largest absolute Gasteiger partial charge is 0.416 e. The molecule has 0 amide bonds. The van der Waals surface area contributed by atoms with Gasteiger partial charge in [0.05, 0.1) is 30.4 Å². The van der Waals surface area contributed by atoms with Crippen LogP contribution in [0.2, 0.25) is 0 Å². The van der Waals surface area contributed by atoms with Crippen LogP contribution >= 0.6 is 0 Å². The molecule has 5 rings (SSSR count). The highest BCUT2D eigenvalue weighted by molar-refractivity contribution is 5.34. The van der Waals surface area contributed by atoms with Gasteiger partial charge >= 0.3 is 12.4 Å². The highest BCUT2D eigenvalue weighted by atomic mass is 19.4. The summed E-state index contributed by atoms with van der Waals surface area (Å²) in [5.74, 6) is 0.569. The van der Waals surface area contributed by atoms with Crippen molar-refractivity contribution in [2.45, 2.75) is 49.9 Å². The Labute approximate surface area is 248 Å². The summed E-state index contributed by atoms with van der Waals surface area (Å²) in [5, 5.41) is 0. The monoisotopic (exact) mass is 606 g/mol. The van der Waals surface area contributed by atoms with Gasteiger partial charge in [0.15, 0.2) is 6.29 Å². The number of hydrogen-bond donors (Lipinski definition) is 0. The molecule has 43 heavy (non-hydrogen) atoms. The predicted molar refractivity (Wildman–Crippen MR) is 151 cm³/mol. The molecule has 3 aromatic rings. The number of ether oxygens (including phenoxy) is 2. The molecule has 2 aliphatic rings. The standard InChI is InChI=1S/C33H36F6N2O2/c34-32(35,36)28-21-24(22-29(23-28)33(37,38)39)13-19-42-31-30(27-9-5-2-6-10-27)41(18-20-43-31)17-16-40-14-11-26(12-15-40)25-7-3-1-4-8-25/h1-10,21-23,26,30-31H,11-20H2. The molecule has 3 aromatic carbocycles. The number of halogens is 6. The average molecular weight is 607 g/mol. The number of alkyl halides is 6. The fourth-order valence-corrected chi connectivity index (χ4v) is 6.04. The lowest BCUT2D eigenvalue weighted by atomic mass is 9.89. The van der Waals surface area contributed by atoms with E-state index in [0.717, 1.165) is 56.7 Å². The third-order valence-electron chi connectivity index (χ3n) is 8.34. The number of rotatable bonds is 9. The van der Waals surface area contributed by atoms with Gasteiger partial charge in [-0.2, -0.15) is 26.3 Å². The molecule has 2 fully saturated rings. The maximum Gasteiger partial charge on any atom is 0.416 e. The van der Waals surface area contributed by atoms with Crippen LogP contribution in [-0.4, -0.2) is 62.0 Å². The van der Waals surface area contributed by atoms with Gasteiger partial charge in [0, 0.05) is 19.6 Å². The number of morpholine rings is 1. The molecule has 2 atom stereocenters. The number of likely N-dealkylation sites (tertiary alicyclic amines) is 1. The molecule has 0 N–H and O–H groups in total. The van der Waals surface area contributed by atoms with Crippen molar-refractivity contribution >= 4 is 0 Å². The van der Waals surface area contributed by atoms with Gasteiger partial charge in [0.25, 0.3) is 0 Å². The lowest BCUT2D eigenvalue weighted by Crippen LogP contribution is -2.49. The van der Waals surface area contributed by atoms with Crippen LogP contribution in [0, 0.1) is 0 Å². The van der Waals surface area contributed by atoms with Crippen molar-refractivity contribution in [2.75, 3.05) is 45.9 Å². The molecule has 0 bridgehead atoms. The SMILES string of the molecule is FC(F)(F)c1cc(CCOC2OCCN(CCN3CCC(c4ccccc4)CC3)C2c2ccccc2)cc(C(F)(F)F)c1. The molecular weight excluding hydrogens is 570 g/mol. The number of hydrogen-bond acceptors (Lipinski definition) is 4. The van der Waals surface area contributed by atoms with Crippen LogP contribution in [0.25, 0.3) is 0 Å². The zero-order chi connectivity index (χ0) is 30.5. The second-order valence-corrected chi connectivity index (χ2v) is 11.2. The predicted octanol–water partition coefficient (Wildman–Crippen LogP) is 7.56. The second-order valence-electron chi connectivity index (χ2n) is 11.2. The van der Waals surface area contributed by atoms with E-state index in [1.54, 1.807) is 0 Å². The fraction of sp³-hybridized carbons (Fsp3) is 0.455. The Bertz CT molecular complexity index is 1260. The Hall–Kier alpha value is -2.92. The Kier molecular flexibility index (Phi) is 10.1. The van der Waals surface area contributed by atoms with E-state index in [-0.39, 0.29) is 30.7 Å². The van der Waals surface area contributed by atoms with E-state index in [9.17, 15) is 26.3 Å². The maximum atomic E-state index is 13.3. The number of nitrogens with zero attached hydrogens (tertiary/aromatic N) is 2. The lowest BCUT2D eigenvalue weighted by Gasteiger charge is -2.42. The molecule has 2 aliphatic heterocycles. The van der Waals surface area contributed by atoms with Gasteiger partial charge in [-0.05, 0) is 73.2 Å². The Morgan fingerprint density at radius 3 is 1.88 bits per heavy atom. The Morgan fingerprint density at radius 2 is 1.30 bits per heavy atom. The summed E-state index contributed by atoms with van der Waals surface area (Å²) in [6, 6.07) is 21.7. The van der Waals surface area contributed by atoms with E-state index in [0.29, 0.717) is 19.1 Å². The smallest absolute Gasteiger partial charge is 0.350 e. The molecule has 4 nitrogen and oxygen atoms in total. The first kappa shape index (κ1) is 31.5. The van der Waals surface area contributed by atoms with Gasteiger partial charge in [0.1, 0.15) is 0 Å². The van der Waals surface area contributed by atoms with Gasteiger partial charge in [0.2, 0.25) is 0 Å². The third-order valence-corrected chi connectivity index (χ3v) is 8.34. The summed E-state index contributed by atoms with van der Waals surface area (Å²) < 4.78 is 91.9. The molecule has 0 aromatic heterocycles. The van der Waals surface area contributed by atoms with Crippen LogP contribution < -0.4 is 0 Å². The summed E-state index contributed by atoms with van der Waals surface area (Å²) in [5.41, 5.74) is -0.377. The van der Waals surface area contributed by atoms with Gasteiger partial charge < -0.3 is 14.4 Å². The van der Waals surface area contributed by atoms with Gasteiger partial charge in [-0.3, -0.25) is 4.90 Å². The maximum absolute atomic E-state index is 13.3. The third kappa shape index (κ3) is 8.38. The normalized spacial score (nSPS) is 21.3. The van der Waals surface area contributed by atoms with E-state index >= 15 is 0 Å². The van der Waals surface area contributed by atoms with Crippen molar-refractivity contribution in [1.29, 1.82) is 0 Å². The molecule has 0 aliphatic carbocycles. The van der Waals surface area contributed by atoms with Crippen LogP contribution in [0.1, 0.15) is 52.6 Å². The summed E-state index contributed by atoms with van der Waals surface area (Å²) in [6.07, 6.45) is -8.41. The Morgan fingerprint density at radius 1 is 0.721 bits per heavy atom. The minimum Gasteiger partial charge on any atom is -0.350 e. The van der Waals surface area contributed by atoms with E-state index in [1.165, 1.54) is 5.56 Å². The molecular formula is C33H36F6N2O2. The molecule has 0 radical (unpaired) electrons. The van der Waals surface area contributed by atoms with E-state index in [4.69, 9.17) is 9.47 Å². The van der Waals surface area contributed by atoms with Crippen molar-refractivity contribution < 1.29 is 35.8 Å². The summed E-state index contributed by atoms with van der Waals surface area (Å²) >= 11 is 0. The van der Waals surface area contributed by atoms with Gasteiger partial charge in [-0.1, -0.05) is 60.7 Å². The minimum atomic E-state index is -4.89. The van der Waals surface area contributed by atoms with E-state index in [2.05, 4.69) is 34.1 Å². The lowest BCUT2D eigenvalue weighted by molar-refractivity contribution is -0.211. The zero-order valence-corrected chi connectivity index (χ0v) is 23.8. The van der Waals surface area contributed by atoms with Gasteiger partial charge in [-0.25, -0.2) is 0 Å². The molecule has 2 heterocycles. The van der Waals surface area contributed by atoms with Gasteiger partial charge in [-0.15, -0.1) is 0 Å². The van der Waals surface area contributed by atoms with Crippen LogP contribution in [-0.2, 0) is 28.2 Å². The molecule has 0 spiro atoms. The minimum absolute atomic E-state index is 0.0898. The van der Waals surface area contributed by atoms with Crippen molar-refractivity contribution in [1.82, 2.24) is 9.80 Å². The number of benzene rings is 3. The number of piperidine rings is 1. The van der Waals surface area contributed by atoms with E-state index in [1.807, 2.05) is 36.4 Å². The first-order chi connectivity index (χ1) is 20.6. The molecule has 2 unspecified atom stereocenters. The van der Waals surface area contributed by atoms with E-state index < -0.39 is 29.8 Å². The molecule has 10 heteroatoms. The quantitative estimate of drug-likeness (QED) is 0.235. The Balaban J connectivity index is 1.22. The van der Waals surface area contributed by atoms with Crippen LogP contribution in [0.3, 0.4) is 0 Å². The van der Waals surface area contributed by atoms with Crippen LogP contribution in [0.5, 0.6) is 0 Å².